The van der Waals surface area contributed by atoms with Gasteiger partial charge in [0.1, 0.15) is 11.6 Å². The minimum absolute atomic E-state index is 0.311. The number of hydrogen-bond donors (Lipinski definition) is 0. The molecule has 0 aromatic heterocycles. The molecule has 0 aliphatic rings. The van der Waals surface area contributed by atoms with Crippen molar-refractivity contribution in [3.63, 3.8) is 0 Å². The Morgan fingerprint density at radius 2 is 0.913 bits per heavy atom. The normalized spacial score (nSPS) is 12.2. The average molecular weight is 461 g/mol. The Balaban J connectivity index is 2.21. The predicted molar refractivity (Wildman–Crippen MR) is 100 cm³/mol. The van der Waals surface area contributed by atoms with E-state index >= 15 is 0 Å². The van der Waals surface area contributed by atoms with Gasteiger partial charge in [0.05, 0.1) is 0 Å². The summed E-state index contributed by atoms with van der Waals surface area (Å²) in [4.78, 5) is 2.56. The lowest BCUT2D eigenvalue weighted by Crippen LogP contribution is -1.97. The summed E-state index contributed by atoms with van der Waals surface area (Å²) in [6, 6.07) is 20.3. The van der Waals surface area contributed by atoms with Gasteiger partial charge in [-0.25, -0.2) is 8.78 Å². The van der Waals surface area contributed by atoms with E-state index in [9.17, 15) is 8.78 Å². The fourth-order valence-electron chi connectivity index (χ4n) is 2.27. The molecule has 0 aliphatic carbocycles. The Labute approximate surface area is 153 Å². The lowest BCUT2D eigenvalue weighted by atomic mass is 10.3. The van der Waals surface area contributed by atoms with E-state index < -0.39 is 9.24 Å². The van der Waals surface area contributed by atoms with Crippen LogP contribution in [0.25, 0.3) is 0 Å². The van der Waals surface area contributed by atoms with E-state index in [1.165, 1.54) is 24.3 Å². The topological polar surface area (TPSA) is 0 Å². The fraction of sp³-hybridized carbons (Fsp3) is 0. The molecule has 0 heterocycles. The molecule has 118 valence electrons. The van der Waals surface area contributed by atoms with Crippen molar-refractivity contribution in [2.75, 3.05) is 0 Å². The summed E-state index contributed by atoms with van der Waals surface area (Å²) in [6.45, 7) is 0. The van der Waals surface area contributed by atoms with Gasteiger partial charge in [-0.05, 0) is 95.4 Å². The maximum absolute atomic E-state index is 13.3. The second-order valence-electron chi connectivity index (χ2n) is 4.90. The van der Waals surface area contributed by atoms with Crippen molar-refractivity contribution in [2.45, 2.75) is 14.7 Å². The van der Waals surface area contributed by atoms with Gasteiger partial charge in [0.25, 0.3) is 0 Å². The molecule has 0 saturated heterocycles. The molecule has 0 fully saturated rings. The molecule has 0 amide bonds. The fourth-order valence-corrected chi connectivity index (χ4v) is 5.91. The maximum Gasteiger partial charge on any atom is 0.123 e. The Hall–Kier alpha value is -1.11. The van der Waals surface area contributed by atoms with Gasteiger partial charge in [-0.15, -0.1) is 0 Å². The summed E-state index contributed by atoms with van der Waals surface area (Å²) >= 11 is 2.23. The molecule has 0 spiro atoms. The van der Waals surface area contributed by atoms with E-state index in [4.69, 9.17) is 10.7 Å². The zero-order valence-corrected chi connectivity index (χ0v) is 15.6. The molecule has 3 aromatic carbocycles. The first-order chi connectivity index (χ1) is 11.0. The van der Waals surface area contributed by atoms with Crippen molar-refractivity contribution in [2.24, 2.45) is 0 Å². The van der Waals surface area contributed by atoms with Gasteiger partial charge in [0.15, 0.2) is 0 Å². The van der Waals surface area contributed by atoms with Gasteiger partial charge in [-0.3, -0.25) is 0 Å². The highest BCUT2D eigenvalue weighted by molar-refractivity contribution is 14.1. The third-order valence-corrected chi connectivity index (χ3v) is 8.50. The standard InChI is InChI=1S/C18H12ClF2IS/c19-23(16-7-1-13(20)2-8-16,17-9-3-14(21)4-10-17)18-11-5-15(22)6-12-18/h1-12H. The van der Waals surface area contributed by atoms with Crippen LogP contribution in [0.3, 0.4) is 0 Å². The van der Waals surface area contributed by atoms with Crippen molar-refractivity contribution < 1.29 is 8.78 Å². The van der Waals surface area contributed by atoms with Crippen LogP contribution < -0.4 is 0 Å². The number of hydrogen-bond acceptors (Lipinski definition) is 0. The smallest absolute Gasteiger partial charge is 0.123 e. The van der Waals surface area contributed by atoms with Gasteiger partial charge in [-0.1, -0.05) is 19.9 Å². The van der Waals surface area contributed by atoms with E-state index in [0.717, 1.165) is 18.3 Å². The van der Waals surface area contributed by atoms with Crippen LogP contribution in [0.4, 0.5) is 8.78 Å². The summed E-state index contributed by atoms with van der Waals surface area (Å²) in [5, 5.41) is 0. The molecule has 3 rings (SSSR count). The van der Waals surface area contributed by atoms with Crippen LogP contribution in [0, 0.1) is 15.2 Å². The third kappa shape index (κ3) is 3.39. The average Bonchev–Trinajstić information content (AvgIpc) is 2.56. The molecule has 0 nitrogen and oxygen atoms in total. The molecular formula is C18H12ClF2IS. The van der Waals surface area contributed by atoms with E-state index in [0.29, 0.717) is 0 Å². The van der Waals surface area contributed by atoms with Crippen LogP contribution in [-0.2, 0) is 0 Å². The SMILES string of the molecule is Fc1ccc(S(Cl)(c2ccc(F)cc2)c2ccc(I)cc2)cc1. The van der Waals surface area contributed by atoms with Gasteiger partial charge in [-0.2, -0.15) is 0 Å². The number of benzene rings is 3. The number of rotatable bonds is 3. The minimum atomic E-state index is -2.09. The largest absolute Gasteiger partial charge is 0.207 e. The molecule has 3 aromatic rings. The van der Waals surface area contributed by atoms with Crippen LogP contribution in [0.2, 0.25) is 0 Å². The van der Waals surface area contributed by atoms with Gasteiger partial charge < -0.3 is 0 Å². The first kappa shape index (κ1) is 16.7. The molecule has 0 bridgehead atoms. The molecule has 0 unspecified atom stereocenters. The van der Waals surface area contributed by atoms with Crippen molar-refractivity contribution in [1.29, 1.82) is 0 Å². The summed E-state index contributed by atoms with van der Waals surface area (Å²) in [5.41, 5.74) is 0. The summed E-state index contributed by atoms with van der Waals surface area (Å²) in [5.74, 6) is -0.622. The van der Waals surface area contributed by atoms with Crippen molar-refractivity contribution in [3.05, 3.63) is 88.0 Å². The van der Waals surface area contributed by atoms with Crippen LogP contribution in [0.5, 0.6) is 0 Å². The molecule has 0 atom stereocenters. The molecule has 0 N–H and O–H groups in total. The minimum Gasteiger partial charge on any atom is -0.207 e. The number of halogens is 4. The first-order valence-electron chi connectivity index (χ1n) is 6.80. The quantitative estimate of drug-likeness (QED) is 0.369. The third-order valence-electron chi connectivity index (χ3n) is 3.42. The maximum atomic E-state index is 13.3. The van der Waals surface area contributed by atoms with E-state index in [1.807, 2.05) is 24.3 Å². The Bertz CT molecular complexity index is 691. The lowest BCUT2D eigenvalue weighted by Gasteiger charge is -2.34. The van der Waals surface area contributed by atoms with Crippen molar-refractivity contribution in [3.8, 4) is 0 Å². The summed E-state index contributed by atoms with van der Waals surface area (Å²) in [7, 11) is 5.02. The van der Waals surface area contributed by atoms with Gasteiger partial charge >= 0.3 is 0 Å². The van der Waals surface area contributed by atoms with Crippen molar-refractivity contribution in [1.82, 2.24) is 0 Å². The monoisotopic (exact) mass is 460 g/mol. The second-order valence-corrected chi connectivity index (χ2v) is 10.0. The molecule has 0 radical (unpaired) electrons. The van der Waals surface area contributed by atoms with Gasteiger partial charge in [0.2, 0.25) is 0 Å². The van der Waals surface area contributed by atoms with E-state index in [-0.39, 0.29) is 11.6 Å². The summed E-state index contributed by atoms with van der Waals surface area (Å²) < 4.78 is 27.7. The van der Waals surface area contributed by atoms with Gasteiger partial charge in [0, 0.05) is 18.3 Å². The van der Waals surface area contributed by atoms with Crippen LogP contribution in [-0.4, -0.2) is 0 Å². The molecule has 0 saturated carbocycles. The van der Waals surface area contributed by atoms with E-state index in [1.54, 1.807) is 24.3 Å². The highest BCUT2D eigenvalue weighted by Gasteiger charge is 2.28. The van der Waals surface area contributed by atoms with Crippen molar-refractivity contribution >= 4 is 42.5 Å². The van der Waals surface area contributed by atoms with Crippen LogP contribution in [0.1, 0.15) is 0 Å². The predicted octanol–water partition coefficient (Wildman–Crippen LogP) is 7.00. The van der Waals surface area contributed by atoms with E-state index in [2.05, 4.69) is 22.6 Å². The van der Waals surface area contributed by atoms with Crippen LogP contribution >= 0.6 is 42.5 Å². The highest BCUT2D eigenvalue weighted by Crippen LogP contribution is 2.72. The lowest BCUT2D eigenvalue weighted by molar-refractivity contribution is 0.626. The first-order valence-corrected chi connectivity index (χ1v) is 10.3. The molecule has 23 heavy (non-hydrogen) atoms. The Kier molecular flexibility index (Phi) is 4.94. The molecule has 0 aliphatic heterocycles. The summed E-state index contributed by atoms with van der Waals surface area (Å²) in [6.07, 6.45) is 0. The van der Waals surface area contributed by atoms with Crippen LogP contribution in [0.15, 0.2) is 87.5 Å². The highest BCUT2D eigenvalue weighted by atomic mass is 127. The zero-order valence-electron chi connectivity index (χ0n) is 11.8. The Morgan fingerprint density at radius 1 is 0.609 bits per heavy atom. The molecule has 5 heteroatoms. The molecular weight excluding hydrogens is 449 g/mol. The zero-order chi connectivity index (χ0) is 16.4. The second kappa shape index (κ2) is 6.79. The Morgan fingerprint density at radius 3 is 1.26 bits per heavy atom.